The molecule has 2 aliphatic carbocycles. The molecule has 2 saturated carbocycles. The molecule has 8 nitrogen and oxygen atoms in total. The Bertz CT molecular complexity index is 1570. The number of benzene rings is 3. The zero-order valence-electron chi connectivity index (χ0n) is 24.9. The highest BCUT2D eigenvalue weighted by Crippen LogP contribution is 2.54. The van der Waals surface area contributed by atoms with Crippen molar-refractivity contribution in [3.63, 3.8) is 0 Å². The summed E-state index contributed by atoms with van der Waals surface area (Å²) in [5, 5.41) is 0. The summed E-state index contributed by atoms with van der Waals surface area (Å²) < 4.78 is 47.6. The molecule has 3 aromatic carbocycles. The fraction of sp³-hybridized carbons (Fsp3) is 0.353. The zero-order chi connectivity index (χ0) is 31.6. The molecule has 10 heteroatoms. The van der Waals surface area contributed by atoms with Crippen LogP contribution in [0.5, 0.6) is 5.75 Å². The number of aryl methyl sites for hydroxylation is 2. The average molecular weight is 637 g/mol. The molecule has 0 radical (unpaired) electrons. The number of fused-ring (bicyclic) bond motifs is 1. The Kier molecular flexibility index (Phi) is 9.65. The van der Waals surface area contributed by atoms with Crippen molar-refractivity contribution in [1.82, 2.24) is 0 Å². The number of carbonyl (C=O) groups excluding carboxylic acids is 2. The fourth-order valence-electron chi connectivity index (χ4n) is 6.41. The highest BCUT2D eigenvalue weighted by atomic mass is 32.2. The maximum absolute atomic E-state index is 12.0. The van der Waals surface area contributed by atoms with Crippen molar-refractivity contribution in [1.29, 1.82) is 0 Å². The predicted octanol–water partition coefficient (Wildman–Crippen LogP) is 5.38. The molecule has 0 amide bonds. The van der Waals surface area contributed by atoms with Crippen LogP contribution in [-0.4, -0.2) is 49.5 Å². The molecule has 3 fully saturated rings. The summed E-state index contributed by atoms with van der Waals surface area (Å²) in [5.74, 6) is -0.516. The standard InChI is InChI=1S/C24H23O2S.C10H14O6S/c1-17(2)24(25)26-23-18(3)15-22(16-19(23)4)27(20-11-7-5-8-12-20)21-13-9-6-10-14-21;11-8(4-17(12,13)14)16-9-5-1-6-3-15-10(9)7(6)2-5/h5-16H,1H2,2-4H3;5-7,9-10H,1-4H2,(H,12,13,14)/q+1;/p-1. The third-order valence-corrected chi connectivity index (χ3v) is 11.0. The molecule has 3 aromatic rings. The first-order valence-corrected chi connectivity index (χ1v) is 17.3. The lowest BCUT2D eigenvalue weighted by Gasteiger charge is -2.26. The lowest BCUT2D eigenvalue weighted by atomic mass is 9.88. The minimum atomic E-state index is -4.56. The smallest absolute Gasteiger partial charge is 0.338 e. The van der Waals surface area contributed by atoms with Gasteiger partial charge >= 0.3 is 11.9 Å². The third-order valence-electron chi connectivity index (χ3n) is 8.23. The molecule has 3 aliphatic rings. The van der Waals surface area contributed by atoms with E-state index in [-0.39, 0.29) is 35.0 Å². The Morgan fingerprint density at radius 2 is 1.50 bits per heavy atom. The highest BCUT2D eigenvalue weighted by Gasteiger charge is 2.58. The molecule has 5 unspecified atom stereocenters. The number of hydrogen-bond donors (Lipinski definition) is 0. The second kappa shape index (κ2) is 13.3. The molecule has 0 N–H and O–H groups in total. The van der Waals surface area contributed by atoms with Crippen LogP contribution >= 0.6 is 0 Å². The number of esters is 2. The summed E-state index contributed by atoms with van der Waals surface area (Å²) >= 11 is 0. The van der Waals surface area contributed by atoms with E-state index >= 15 is 0 Å². The first-order valence-electron chi connectivity index (χ1n) is 14.5. The molecule has 232 valence electrons. The Hall–Kier alpha value is -3.44. The van der Waals surface area contributed by atoms with Crippen molar-refractivity contribution >= 4 is 33.0 Å². The van der Waals surface area contributed by atoms with Gasteiger partial charge in [0.2, 0.25) is 0 Å². The van der Waals surface area contributed by atoms with Crippen molar-refractivity contribution in [2.24, 2.45) is 17.8 Å². The molecular weight excluding hydrogens is 601 g/mol. The van der Waals surface area contributed by atoms with Gasteiger partial charge in [-0.1, -0.05) is 43.0 Å². The lowest BCUT2D eigenvalue weighted by molar-refractivity contribution is -0.154. The van der Waals surface area contributed by atoms with E-state index < -0.39 is 21.8 Å². The molecule has 1 aliphatic heterocycles. The van der Waals surface area contributed by atoms with E-state index in [0.29, 0.717) is 29.8 Å². The van der Waals surface area contributed by atoms with Crippen LogP contribution in [0.15, 0.2) is 99.6 Å². The van der Waals surface area contributed by atoms with Gasteiger partial charge in [-0.25, -0.2) is 13.2 Å². The molecule has 0 spiro atoms. The molecule has 6 rings (SSSR count). The first kappa shape index (κ1) is 32.0. The third kappa shape index (κ3) is 7.26. The molecule has 1 heterocycles. The molecule has 1 saturated heterocycles. The Balaban J connectivity index is 0.000000193. The number of carbonyl (C=O) groups is 2. The fourth-order valence-corrected chi connectivity index (χ4v) is 9.03. The SMILES string of the molecule is C=C(C)C(=O)Oc1c(C)cc([S+](c2ccccc2)c2ccccc2)cc1C.O=C(CS(=O)(=O)[O-])OC1C2CC3COC1C3C2. The second-order valence-corrected chi connectivity index (χ2v) is 15.0. The van der Waals surface area contributed by atoms with Gasteiger partial charge in [0.15, 0.2) is 14.7 Å². The van der Waals surface area contributed by atoms with Gasteiger partial charge in [0.05, 0.1) is 23.6 Å². The summed E-state index contributed by atoms with van der Waals surface area (Å²) in [6, 6.07) is 25.2. The van der Waals surface area contributed by atoms with Crippen LogP contribution in [-0.2, 0) is 40.1 Å². The Labute approximate surface area is 261 Å². The minimum Gasteiger partial charge on any atom is -0.748 e. The minimum absolute atomic E-state index is 0.0861. The van der Waals surface area contributed by atoms with E-state index in [0.717, 1.165) is 24.0 Å². The summed E-state index contributed by atoms with van der Waals surface area (Å²) in [5.41, 5.74) is 2.29. The average Bonchev–Trinajstić information content (AvgIpc) is 3.61. The zero-order valence-corrected chi connectivity index (χ0v) is 26.6. The van der Waals surface area contributed by atoms with Crippen LogP contribution in [0, 0.1) is 31.6 Å². The summed E-state index contributed by atoms with van der Waals surface area (Å²) in [6.07, 6.45) is 1.52. The quantitative estimate of drug-likeness (QED) is 0.106. The summed E-state index contributed by atoms with van der Waals surface area (Å²) in [7, 11) is -4.78. The molecule has 0 aromatic heterocycles. The normalized spacial score (nSPS) is 23.2. The van der Waals surface area contributed by atoms with Crippen molar-refractivity contribution < 1.29 is 36.8 Å². The highest BCUT2D eigenvalue weighted by molar-refractivity contribution is 7.97. The van der Waals surface area contributed by atoms with E-state index in [2.05, 4.69) is 67.2 Å². The molecule has 44 heavy (non-hydrogen) atoms. The largest absolute Gasteiger partial charge is 0.748 e. The van der Waals surface area contributed by atoms with E-state index in [9.17, 15) is 22.6 Å². The van der Waals surface area contributed by atoms with Gasteiger partial charge in [-0.2, -0.15) is 0 Å². The van der Waals surface area contributed by atoms with Gasteiger partial charge in [-0.3, -0.25) is 4.79 Å². The topological polar surface area (TPSA) is 119 Å². The lowest BCUT2D eigenvalue weighted by Crippen LogP contribution is -2.37. The van der Waals surface area contributed by atoms with Gasteiger partial charge in [-0.15, -0.1) is 0 Å². The Morgan fingerprint density at radius 3 is 2.02 bits per heavy atom. The van der Waals surface area contributed by atoms with Gasteiger partial charge in [-0.05, 0) is 86.8 Å². The van der Waals surface area contributed by atoms with Crippen molar-refractivity contribution in [3.05, 3.63) is 96.1 Å². The van der Waals surface area contributed by atoms with Crippen molar-refractivity contribution in [3.8, 4) is 5.75 Å². The van der Waals surface area contributed by atoms with Crippen molar-refractivity contribution in [2.75, 3.05) is 12.4 Å². The van der Waals surface area contributed by atoms with Gasteiger partial charge < -0.3 is 18.8 Å². The number of hydrogen-bond acceptors (Lipinski definition) is 8. The monoisotopic (exact) mass is 636 g/mol. The maximum Gasteiger partial charge on any atom is 0.338 e. The summed E-state index contributed by atoms with van der Waals surface area (Å²) in [4.78, 5) is 27.0. The van der Waals surface area contributed by atoms with Crippen LogP contribution < -0.4 is 4.74 Å². The predicted molar refractivity (Wildman–Crippen MR) is 165 cm³/mol. The molecule has 2 bridgehead atoms. The van der Waals surface area contributed by atoms with Crippen LogP contribution in [0.25, 0.3) is 0 Å². The maximum atomic E-state index is 12.0. The summed E-state index contributed by atoms with van der Waals surface area (Å²) in [6.45, 7) is 9.99. The van der Waals surface area contributed by atoms with E-state index in [1.54, 1.807) is 6.92 Å². The van der Waals surface area contributed by atoms with Crippen LogP contribution in [0.3, 0.4) is 0 Å². The second-order valence-electron chi connectivity index (χ2n) is 11.6. The van der Waals surface area contributed by atoms with Crippen molar-refractivity contribution in [2.45, 2.75) is 60.5 Å². The first-order chi connectivity index (χ1) is 20.9. The van der Waals surface area contributed by atoms with Crippen LogP contribution in [0.1, 0.15) is 30.9 Å². The molecular formula is C34H36O8S2. The van der Waals surface area contributed by atoms with Crippen LogP contribution in [0.4, 0.5) is 0 Å². The molecule has 5 atom stereocenters. The van der Waals surface area contributed by atoms with Gasteiger partial charge in [0.25, 0.3) is 0 Å². The van der Waals surface area contributed by atoms with Gasteiger partial charge in [0.1, 0.15) is 27.7 Å². The van der Waals surface area contributed by atoms with E-state index in [4.69, 9.17) is 14.2 Å². The van der Waals surface area contributed by atoms with E-state index in [1.165, 1.54) is 14.7 Å². The number of ether oxygens (including phenoxy) is 3. The van der Waals surface area contributed by atoms with Gasteiger partial charge in [0, 0.05) is 17.7 Å². The van der Waals surface area contributed by atoms with E-state index in [1.807, 2.05) is 26.0 Å². The number of rotatable bonds is 8. The Morgan fingerprint density at radius 1 is 0.932 bits per heavy atom. The van der Waals surface area contributed by atoms with Crippen LogP contribution in [0.2, 0.25) is 0 Å².